The Morgan fingerprint density at radius 1 is 1.08 bits per heavy atom. The molecule has 0 fully saturated rings. The van der Waals surface area contributed by atoms with Gasteiger partial charge in [0.15, 0.2) is 0 Å². The number of rotatable bonds is 8. The Hall–Kier alpha value is -2.18. The molecule has 0 saturated carbocycles. The van der Waals surface area contributed by atoms with E-state index < -0.39 is 22.0 Å². The van der Waals surface area contributed by atoms with E-state index >= 15 is 0 Å². The third kappa shape index (κ3) is 4.67. The molecule has 2 aromatic carbocycles. The molecule has 0 spiro atoms. The molecule has 134 valence electrons. The minimum atomic E-state index is -3.75. The van der Waals surface area contributed by atoms with E-state index in [4.69, 9.17) is 4.74 Å². The third-order valence-electron chi connectivity index (χ3n) is 4.16. The molecule has 2 atom stereocenters. The summed E-state index contributed by atoms with van der Waals surface area (Å²) >= 11 is 0. The number of ether oxygens (including phenoxy) is 1. The zero-order valence-electron chi connectivity index (χ0n) is 14.6. The average Bonchev–Trinajstić information content (AvgIpc) is 2.62. The van der Waals surface area contributed by atoms with Gasteiger partial charge in [-0.3, -0.25) is 0 Å². The molecule has 0 amide bonds. The van der Waals surface area contributed by atoms with Gasteiger partial charge in [-0.25, -0.2) is 13.1 Å². The highest BCUT2D eigenvalue weighted by molar-refractivity contribution is 7.89. The fourth-order valence-corrected chi connectivity index (χ4v) is 3.85. The number of carbonyl (C=O) groups excluding carboxylic acids is 1. The Bertz CT molecular complexity index is 798. The van der Waals surface area contributed by atoms with Gasteiger partial charge < -0.3 is 9.53 Å². The highest BCUT2D eigenvalue weighted by Crippen LogP contribution is 2.27. The van der Waals surface area contributed by atoms with Gasteiger partial charge in [-0.1, -0.05) is 36.8 Å². The van der Waals surface area contributed by atoms with Crippen LogP contribution in [0.1, 0.15) is 30.5 Å². The largest absolute Gasteiger partial charge is 0.497 e. The van der Waals surface area contributed by atoms with Crippen LogP contribution >= 0.6 is 0 Å². The molecule has 0 saturated heterocycles. The van der Waals surface area contributed by atoms with E-state index in [1.165, 1.54) is 0 Å². The molecule has 2 rings (SSSR count). The molecule has 2 aromatic rings. The number of methoxy groups -OCH3 is 1. The summed E-state index contributed by atoms with van der Waals surface area (Å²) in [5, 5.41) is 0. The van der Waals surface area contributed by atoms with Gasteiger partial charge in [0.1, 0.15) is 12.0 Å². The average molecular weight is 361 g/mol. The molecule has 0 radical (unpaired) electrons. The number of aryl methyl sites for hydroxylation is 1. The lowest BCUT2D eigenvalue weighted by molar-refractivity contribution is -0.111. The summed E-state index contributed by atoms with van der Waals surface area (Å²) in [6, 6.07) is 13.0. The van der Waals surface area contributed by atoms with Crippen LogP contribution in [0.2, 0.25) is 0 Å². The maximum absolute atomic E-state index is 12.7. The highest BCUT2D eigenvalue weighted by atomic mass is 32.2. The van der Waals surface area contributed by atoms with Crippen molar-refractivity contribution in [2.75, 3.05) is 7.11 Å². The van der Waals surface area contributed by atoms with Crippen molar-refractivity contribution in [3.05, 3.63) is 59.7 Å². The lowest BCUT2D eigenvalue weighted by Crippen LogP contribution is -2.34. The van der Waals surface area contributed by atoms with Gasteiger partial charge in [0.2, 0.25) is 10.0 Å². The van der Waals surface area contributed by atoms with Crippen molar-refractivity contribution in [1.82, 2.24) is 4.72 Å². The predicted octanol–water partition coefficient (Wildman–Crippen LogP) is 3.25. The molecule has 0 unspecified atom stereocenters. The predicted molar refractivity (Wildman–Crippen MR) is 97.1 cm³/mol. The van der Waals surface area contributed by atoms with Crippen LogP contribution in [0.4, 0.5) is 0 Å². The quantitative estimate of drug-likeness (QED) is 0.733. The van der Waals surface area contributed by atoms with E-state index in [-0.39, 0.29) is 4.90 Å². The number of carbonyl (C=O) groups is 1. The summed E-state index contributed by atoms with van der Waals surface area (Å²) in [5.41, 5.74) is 1.69. The van der Waals surface area contributed by atoms with Crippen molar-refractivity contribution in [3.8, 4) is 5.75 Å². The van der Waals surface area contributed by atoms with Gasteiger partial charge in [-0.05, 0) is 43.2 Å². The van der Waals surface area contributed by atoms with Crippen LogP contribution in [0, 0.1) is 12.8 Å². The summed E-state index contributed by atoms with van der Waals surface area (Å²) in [7, 11) is -2.18. The van der Waals surface area contributed by atoms with Crippen LogP contribution in [-0.4, -0.2) is 21.8 Å². The van der Waals surface area contributed by atoms with E-state index in [0.717, 1.165) is 17.4 Å². The van der Waals surface area contributed by atoms with Crippen molar-refractivity contribution >= 4 is 16.3 Å². The van der Waals surface area contributed by atoms with Crippen LogP contribution in [0.5, 0.6) is 5.75 Å². The lowest BCUT2D eigenvalue weighted by atomic mass is 9.93. The molecule has 1 N–H and O–H groups in total. The zero-order valence-corrected chi connectivity index (χ0v) is 15.4. The second kappa shape index (κ2) is 8.27. The molecule has 0 aliphatic carbocycles. The van der Waals surface area contributed by atoms with E-state index in [1.54, 1.807) is 55.6 Å². The molecule has 6 heteroatoms. The Morgan fingerprint density at radius 2 is 1.68 bits per heavy atom. The molecule has 0 heterocycles. The summed E-state index contributed by atoms with van der Waals surface area (Å²) in [6.07, 6.45) is 1.32. The monoisotopic (exact) mass is 361 g/mol. The Morgan fingerprint density at radius 3 is 2.16 bits per heavy atom. The number of aldehydes is 1. The standard InChI is InChI=1S/C19H23NO4S/c1-4-15(13-21)19(16-7-9-17(24-3)10-8-16)20-25(22,23)18-11-5-14(2)6-12-18/h5-13,15,19-20H,4H2,1-3H3/t15-,19+/m1/s1. The van der Waals surface area contributed by atoms with Crippen molar-refractivity contribution in [3.63, 3.8) is 0 Å². The molecule has 25 heavy (non-hydrogen) atoms. The van der Waals surface area contributed by atoms with Gasteiger partial charge in [0, 0.05) is 5.92 Å². The van der Waals surface area contributed by atoms with Gasteiger partial charge in [-0.15, -0.1) is 0 Å². The first-order valence-corrected chi connectivity index (χ1v) is 9.57. The fourth-order valence-electron chi connectivity index (χ4n) is 2.58. The number of hydrogen-bond donors (Lipinski definition) is 1. The smallest absolute Gasteiger partial charge is 0.241 e. The SMILES string of the molecule is CC[C@H](C=O)[C@H](NS(=O)(=O)c1ccc(C)cc1)c1ccc(OC)cc1. The van der Waals surface area contributed by atoms with Crippen molar-refractivity contribution in [2.45, 2.75) is 31.2 Å². The van der Waals surface area contributed by atoms with Gasteiger partial charge >= 0.3 is 0 Å². The minimum absolute atomic E-state index is 0.178. The van der Waals surface area contributed by atoms with E-state index in [0.29, 0.717) is 12.2 Å². The topological polar surface area (TPSA) is 72.5 Å². The van der Waals surface area contributed by atoms with Gasteiger partial charge in [0.25, 0.3) is 0 Å². The second-order valence-corrected chi connectivity index (χ2v) is 7.61. The molecular weight excluding hydrogens is 338 g/mol. The van der Waals surface area contributed by atoms with Gasteiger partial charge in [-0.2, -0.15) is 0 Å². The maximum atomic E-state index is 12.7. The number of benzene rings is 2. The van der Waals surface area contributed by atoms with Crippen LogP contribution in [-0.2, 0) is 14.8 Å². The summed E-state index contributed by atoms with van der Waals surface area (Å²) in [4.78, 5) is 11.7. The lowest BCUT2D eigenvalue weighted by Gasteiger charge is -2.24. The van der Waals surface area contributed by atoms with Crippen LogP contribution in [0.25, 0.3) is 0 Å². The Balaban J connectivity index is 2.38. The first kappa shape index (κ1) is 19.1. The molecule has 0 aliphatic heterocycles. The maximum Gasteiger partial charge on any atom is 0.241 e. The second-order valence-electron chi connectivity index (χ2n) is 5.89. The van der Waals surface area contributed by atoms with Crippen molar-refractivity contribution in [2.24, 2.45) is 5.92 Å². The van der Waals surface area contributed by atoms with Crippen molar-refractivity contribution < 1.29 is 17.9 Å². The van der Waals surface area contributed by atoms with E-state index in [1.807, 2.05) is 13.8 Å². The normalized spacial score (nSPS) is 13.9. The van der Waals surface area contributed by atoms with Crippen LogP contribution < -0.4 is 9.46 Å². The Labute approximate surface area is 149 Å². The molecular formula is C19H23NO4S. The number of sulfonamides is 1. The highest BCUT2D eigenvalue weighted by Gasteiger charge is 2.27. The zero-order chi connectivity index (χ0) is 18.4. The van der Waals surface area contributed by atoms with Gasteiger partial charge in [0.05, 0.1) is 18.0 Å². The summed E-state index contributed by atoms with van der Waals surface area (Å²) in [5.74, 6) is 0.205. The number of nitrogens with one attached hydrogen (secondary N) is 1. The summed E-state index contributed by atoms with van der Waals surface area (Å²) < 4.78 is 33.3. The third-order valence-corrected chi connectivity index (χ3v) is 5.62. The first-order chi connectivity index (χ1) is 11.9. The Kier molecular flexibility index (Phi) is 6.33. The minimum Gasteiger partial charge on any atom is -0.497 e. The van der Waals surface area contributed by atoms with Crippen molar-refractivity contribution in [1.29, 1.82) is 0 Å². The van der Waals surface area contributed by atoms with Crippen LogP contribution in [0.15, 0.2) is 53.4 Å². The molecule has 0 aliphatic rings. The van der Waals surface area contributed by atoms with E-state index in [2.05, 4.69) is 4.72 Å². The first-order valence-electron chi connectivity index (χ1n) is 8.09. The van der Waals surface area contributed by atoms with E-state index in [9.17, 15) is 13.2 Å². The van der Waals surface area contributed by atoms with Crippen LogP contribution in [0.3, 0.4) is 0 Å². The molecule has 0 aromatic heterocycles. The fraction of sp³-hybridized carbons (Fsp3) is 0.316. The number of hydrogen-bond acceptors (Lipinski definition) is 4. The molecule has 5 nitrogen and oxygen atoms in total. The summed E-state index contributed by atoms with van der Waals surface area (Å²) in [6.45, 7) is 3.75. The molecule has 0 bridgehead atoms.